The van der Waals surface area contributed by atoms with Crippen LogP contribution in [0.4, 0.5) is 0 Å². The van der Waals surface area contributed by atoms with Crippen molar-refractivity contribution >= 4 is 0 Å². The van der Waals surface area contributed by atoms with E-state index >= 15 is 0 Å². The zero-order chi connectivity index (χ0) is 10.6. The van der Waals surface area contributed by atoms with Crippen LogP contribution in [0.15, 0.2) is 24.8 Å². The molecule has 0 aliphatic rings. The zero-order valence-corrected chi connectivity index (χ0v) is 8.53. The third-order valence-corrected chi connectivity index (χ3v) is 1.87. The first-order valence-electron chi connectivity index (χ1n) is 4.54. The van der Waals surface area contributed by atoms with Gasteiger partial charge in [0, 0.05) is 5.69 Å². The number of rotatable bonds is 4. The molecule has 1 atom stereocenters. The largest absolute Gasteiger partial charge is 0.485 e. The van der Waals surface area contributed by atoms with Crippen molar-refractivity contribution in [3.63, 3.8) is 0 Å². The van der Waals surface area contributed by atoms with Crippen molar-refractivity contribution in [3.05, 3.63) is 36.2 Å². The van der Waals surface area contributed by atoms with Crippen LogP contribution in [0.2, 0.25) is 0 Å². The van der Waals surface area contributed by atoms with Crippen molar-refractivity contribution in [2.45, 2.75) is 26.6 Å². The molecular formula is C11H15NO2. The monoisotopic (exact) mass is 193 g/mol. The molecule has 1 unspecified atom stereocenters. The molecule has 1 aromatic rings. The van der Waals surface area contributed by atoms with Gasteiger partial charge in [0.2, 0.25) is 0 Å². The molecule has 0 amide bonds. The number of aromatic nitrogens is 1. The average molecular weight is 193 g/mol. The van der Waals surface area contributed by atoms with Crippen LogP contribution >= 0.6 is 0 Å². The molecule has 0 radical (unpaired) electrons. The average Bonchev–Trinajstić information content (AvgIpc) is 2.20. The SMILES string of the molecule is C=CC(C)Oc1ccc(C)nc1CO. The summed E-state index contributed by atoms with van der Waals surface area (Å²) in [6, 6.07) is 3.66. The van der Waals surface area contributed by atoms with Crippen molar-refractivity contribution in [2.24, 2.45) is 0 Å². The highest BCUT2D eigenvalue weighted by molar-refractivity contribution is 5.29. The molecule has 0 aromatic carbocycles. The van der Waals surface area contributed by atoms with Crippen LogP contribution in [0.25, 0.3) is 0 Å². The molecule has 1 aromatic heterocycles. The molecule has 3 heteroatoms. The molecule has 0 aliphatic carbocycles. The molecule has 1 heterocycles. The summed E-state index contributed by atoms with van der Waals surface area (Å²) in [4.78, 5) is 4.17. The normalized spacial score (nSPS) is 12.2. The van der Waals surface area contributed by atoms with Gasteiger partial charge in [0.1, 0.15) is 17.5 Å². The van der Waals surface area contributed by atoms with E-state index in [-0.39, 0.29) is 12.7 Å². The lowest BCUT2D eigenvalue weighted by Gasteiger charge is -2.13. The molecule has 14 heavy (non-hydrogen) atoms. The van der Waals surface area contributed by atoms with Gasteiger partial charge in [-0.1, -0.05) is 12.7 Å². The third kappa shape index (κ3) is 2.57. The Bertz CT molecular complexity index is 323. The van der Waals surface area contributed by atoms with Gasteiger partial charge in [-0.05, 0) is 26.0 Å². The number of aryl methyl sites for hydroxylation is 1. The number of hydrogen-bond acceptors (Lipinski definition) is 3. The van der Waals surface area contributed by atoms with Crippen molar-refractivity contribution in [2.75, 3.05) is 0 Å². The fourth-order valence-electron chi connectivity index (χ4n) is 1.07. The van der Waals surface area contributed by atoms with Crippen LogP contribution < -0.4 is 4.74 Å². The van der Waals surface area contributed by atoms with Gasteiger partial charge in [-0.2, -0.15) is 0 Å². The Morgan fingerprint density at radius 1 is 1.64 bits per heavy atom. The summed E-state index contributed by atoms with van der Waals surface area (Å²) in [7, 11) is 0. The third-order valence-electron chi connectivity index (χ3n) is 1.87. The maximum absolute atomic E-state index is 9.06. The van der Waals surface area contributed by atoms with Crippen LogP contribution in [0, 0.1) is 6.92 Å². The predicted octanol–water partition coefficient (Wildman–Crippen LogP) is 1.84. The first-order valence-corrected chi connectivity index (χ1v) is 4.54. The molecule has 76 valence electrons. The van der Waals surface area contributed by atoms with E-state index in [9.17, 15) is 0 Å². The fourth-order valence-corrected chi connectivity index (χ4v) is 1.07. The zero-order valence-electron chi connectivity index (χ0n) is 8.53. The molecule has 1 N–H and O–H groups in total. The minimum atomic E-state index is -0.110. The summed E-state index contributed by atoms with van der Waals surface area (Å²) in [5.74, 6) is 0.616. The van der Waals surface area contributed by atoms with Crippen LogP contribution in [-0.4, -0.2) is 16.2 Å². The Hall–Kier alpha value is -1.35. The van der Waals surface area contributed by atoms with E-state index in [1.807, 2.05) is 26.0 Å². The minimum Gasteiger partial charge on any atom is -0.485 e. The Balaban J connectivity index is 2.90. The van der Waals surface area contributed by atoms with Crippen LogP contribution in [0.5, 0.6) is 5.75 Å². The second kappa shape index (κ2) is 4.77. The number of ether oxygens (including phenoxy) is 1. The van der Waals surface area contributed by atoms with E-state index in [0.29, 0.717) is 11.4 Å². The maximum atomic E-state index is 9.06. The lowest BCUT2D eigenvalue weighted by molar-refractivity contribution is 0.239. The van der Waals surface area contributed by atoms with Gasteiger partial charge in [0.25, 0.3) is 0 Å². The van der Waals surface area contributed by atoms with Gasteiger partial charge in [0.05, 0.1) is 6.61 Å². The molecule has 0 aliphatic heterocycles. The van der Waals surface area contributed by atoms with Gasteiger partial charge in [-0.15, -0.1) is 0 Å². The molecule has 1 rings (SSSR count). The smallest absolute Gasteiger partial charge is 0.144 e. The topological polar surface area (TPSA) is 42.4 Å². The van der Waals surface area contributed by atoms with Crippen molar-refractivity contribution < 1.29 is 9.84 Å². The first kappa shape index (κ1) is 10.7. The minimum absolute atomic E-state index is 0.0789. The van der Waals surface area contributed by atoms with E-state index in [2.05, 4.69) is 11.6 Å². The first-order chi connectivity index (χ1) is 6.67. The van der Waals surface area contributed by atoms with Gasteiger partial charge < -0.3 is 9.84 Å². The molecule has 0 saturated heterocycles. The van der Waals surface area contributed by atoms with Crippen molar-refractivity contribution in [3.8, 4) is 5.75 Å². The highest BCUT2D eigenvalue weighted by Crippen LogP contribution is 2.18. The highest BCUT2D eigenvalue weighted by atomic mass is 16.5. The summed E-state index contributed by atoms with van der Waals surface area (Å²) in [6.07, 6.45) is 1.62. The molecular weight excluding hydrogens is 178 g/mol. The quantitative estimate of drug-likeness (QED) is 0.742. The Morgan fingerprint density at radius 2 is 2.36 bits per heavy atom. The molecule has 0 saturated carbocycles. The number of aliphatic hydroxyl groups excluding tert-OH is 1. The Kier molecular flexibility index (Phi) is 3.65. The summed E-state index contributed by atoms with van der Waals surface area (Å²) in [5, 5.41) is 9.06. The number of aliphatic hydroxyl groups is 1. The van der Waals surface area contributed by atoms with E-state index < -0.39 is 0 Å². The number of nitrogens with zero attached hydrogens (tertiary/aromatic N) is 1. The number of hydrogen-bond donors (Lipinski definition) is 1. The molecule has 3 nitrogen and oxygen atoms in total. The predicted molar refractivity (Wildman–Crippen MR) is 55.2 cm³/mol. The Morgan fingerprint density at radius 3 is 2.93 bits per heavy atom. The lowest BCUT2D eigenvalue weighted by Crippen LogP contribution is -2.10. The lowest BCUT2D eigenvalue weighted by atomic mass is 10.3. The van der Waals surface area contributed by atoms with Gasteiger partial charge >= 0.3 is 0 Å². The maximum Gasteiger partial charge on any atom is 0.144 e. The van der Waals surface area contributed by atoms with E-state index in [4.69, 9.17) is 9.84 Å². The van der Waals surface area contributed by atoms with E-state index in [0.717, 1.165) is 5.69 Å². The van der Waals surface area contributed by atoms with Crippen molar-refractivity contribution in [1.29, 1.82) is 0 Å². The highest BCUT2D eigenvalue weighted by Gasteiger charge is 2.06. The van der Waals surface area contributed by atoms with Gasteiger partial charge in [-0.3, -0.25) is 4.98 Å². The standard InChI is InChI=1S/C11H15NO2/c1-4-9(3)14-11-6-5-8(2)12-10(11)7-13/h4-6,9,13H,1,7H2,2-3H3. The van der Waals surface area contributed by atoms with Gasteiger partial charge in [-0.25, -0.2) is 0 Å². The molecule has 0 bridgehead atoms. The summed E-state index contributed by atoms with van der Waals surface area (Å²) in [6.45, 7) is 7.27. The van der Waals surface area contributed by atoms with Crippen LogP contribution in [-0.2, 0) is 6.61 Å². The summed E-state index contributed by atoms with van der Waals surface area (Å²) >= 11 is 0. The van der Waals surface area contributed by atoms with Crippen LogP contribution in [0.1, 0.15) is 18.3 Å². The number of pyridine rings is 1. The fraction of sp³-hybridized carbons (Fsp3) is 0.364. The summed E-state index contributed by atoms with van der Waals surface area (Å²) in [5.41, 5.74) is 1.44. The van der Waals surface area contributed by atoms with E-state index in [1.165, 1.54) is 0 Å². The summed E-state index contributed by atoms with van der Waals surface area (Å²) < 4.78 is 5.50. The van der Waals surface area contributed by atoms with Crippen LogP contribution in [0.3, 0.4) is 0 Å². The second-order valence-corrected chi connectivity index (χ2v) is 3.11. The van der Waals surface area contributed by atoms with Gasteiger partial charge in [0.15, 0.2) is 0 Å². The van der Waals surface area contributed by atoms with E-state index in [1.54, 1.807) is 6.08 Å². The molecule has 0 fully saturated rings. The second-order valence-electron chi connectivity index (χ2n) is 3.11. The van der Waals surface area contributed by atoms with Crippen molar-refractivity contribution in [1.82, 2.24) is 4.98 Å². The Labute approximate surface area is 84.1 Å². The molecule has 0 spiro atoms.